The molecule has 0 saturated carbocycles. The number of benzene rings is 1. The van der Waals surface area contributed by atoms with Gasteiger partial charge in [0, 0.05) is 19.3 Å². The SMILES string of the molecule is CC(CN(C)C(=O)Nc1cc(F)c(Br)c(F)c1)C(=O)O. The summed E-state index contributed by atoms with van der Waals surface area (Å²) in [7, 11) is 1.39. The fraction of sp³-hybridized carbons (Fsp3) is 0.333. The van der Waals surface area contributed by atoms with Crippen LogP contribution < -0.4 is 5.32 Å². The van der Waals surface area contributed by atoms with Crippen molar-refractivity contribution in [2.45, 2.75) is 6.92 Å². The van der Waals surface area contributed by atoms with Gasteiger partial charge in [-0.1, -0.05) is 6.92 Å². The zero-order chi connectivity index (χ0) is 15.4. The Morgan fingerprint density at radius 3 is 2.35 bits per heavy atom. The Morgan fingerprint density at radius 1 is 1.40 bits per heavy atom. The highest BCUT2D eigenvalue weighted by molar-refractivity contribution is 9.10. The average molecular weight is 351 g/mol. The highest BCUT2D eigenvalue weighted by Crippen LogP contribution is 2.23. The van der Waals surface area contributed by atoms with Gasteiger partial charge in [0.15, 0.2) is 0 Å². The minimum Gasteiger partial charge on any atom is -0.481 e. The van der Waals surface area contributed by atoms with Crippen LogP contribution in [0, 0.1) is 17.6 Å². The summed E-state index contributed by atoms with van der Waals surface area (Å²) in [6.45, 7) is 1.42. The molecule has 20 heavy (non-hydrogen) atoms. The fourth-order valence-electron chi connectivity index (χ4n) is 1.42. The highest BCUT2D eigenvalue weighted by Gasteiger charge is 2.18. The number of carbonyl (C=O) groups excluding carboxylic acids is 1. The summed E-state index contributed by atoms with van der Waals surface area (Å²) < 4.78 is 26.2. The second-order valence-electron chi connectivity index (χ2n) is 4.30. The summed E-state index contributed by atoms with van der Waals surface area (Å²) in [5, 5.41) is 11.0. The molecule has 0 radical (unpaired) electrons. The van der Waals surface area contributed by atoms with Gasteiger partial charge in [-0.3, -0.25) is 4.79 Å². The number of amides is 2. The van der Waals surface area contributed by atoms with E-state index >= 15 is 0 Å². The molecule has 0 aromatic heterocycles. The van der Waals surface area contributed by atoms with Crippen LogP contribution in [0.15, 0.2) is 16.6 Å². The van der Waals surface area contributed by atoms with Crippen LogP contribution in [0.3, 0.4) is 0 Å². The van der Waals surface area contributed by atoms with Gasteiger partial charge in [-0.15, -0.1) is 0 Å². The van der Waals surface area contributed by atoms with Crippen LogP contribution in [0.4, 0.5) is 19.3 Å². The second-order valence-corrected chi connectivity index (χ2v) is 5.10. The predicted octanol–water partition coefficient (Wildman–Crippen LogP) is 2.91. The molecular weight excluding hydrogens is 338 g/mol. The Morgan fingerprint density at radius 2 is 1.90 bits per heavy atom. The van der Waals surface area contributed by atoms with Gasteiger partial charge < -0.3 is 15.3 Å². The normalized spacial score (nSPS) is 11.8. The molecule has 0 saturated heterocycles. The Bertz CT molecular complexity index is 516. The van der Waals surface area contributed by atoms with Crippen molar-refractivity contribution >= 4 is 33.6 Å². The van der Waals surface area contributed by atoms with Crippen LogP contribution >= 0.6 is 15.9 Å². The van der Waals surface area contributed by atoms with Gasteiger partial charge >= 0.3 is 12.0 Å². The maximum atomic E-state index is 13.3. The zero-order valence-electron chi connectivity index (χ0n) is 10.8. The molecule has 0 aliphatic carbocycles. The van der Waals surface area contributed by atoms with Crippen molar-refractivity contribution in [3.63, 3.8) is 0 Å². The van der Waals surface area contributed by atoms with Crippen molar-refractivity contribution in [3.05, 3.63) is 28.2 Å². The summed E-state index contributed by atoms with van der Waals surface area (Å²) in [5.41, 5.74) is -0.0528. The van der Waals surface area contributed by atoms with E-state index in [-0.39, 0.29) is 16.7 Å². The number of carboxylic acids is 1. The maximum absolute atomic E-state index is 13.3. The van der Waals surface area contributed by atoms with E-state index in [1.165, 1.54) is 14.0 Å². The van der Waals surface area contributed by atoms with E-state index in [1.54, 1.807) is 0 Å². The van der Waals surface area contributed by atoms with Crippen molar-refractivity contribution in [1.29, 1.82) is 0 Å². The van der Waals surface area contributed by atoms with Gasteiger partial charge in [-0.2, -0.15) is 0 Å². The van der Waals surface area contributed by atoms with Crippen molar-refractivity contribution in [3.8, 4) is 0 Å². The van der Waals surface area contributed by atoms with Crippen LogP contribution in [0.1, 0.15) is 6.92 Å². The van der Waals surface area contributed by atoms with E-state index < -0.39 is 29.6 Å². The quantitative estimate of drug-likeness (QED) is 0.820. The van der Waals surface area contributed by atoms with Gasteiger partial charge in [-0.05, 0) is 28.1 Å². The molecule has 0 aliphatic rings. The zero-order valence-corrected chi connectivity index (χ0v) is 12.4. The molecule has 5 nitrogen and oxygen atoms in total. The standard InChI is InChI=1S/C12H13BrF2N2O3/c1-6(11(18)19)5-17(2)12(20)16-7-3-8(14)10(13)9(15)4-7/h3-4,6H,5H2,1-2H3,(H,16,20)(H,18,19). The predicted molar refractivity (Wildman–Crippen MR) is 72.5 cm³/mol. The highest BCUT2D eigenvalue weighted by atomic mass is 79.9. The topological polar surface area (TPSA) is 69.6 Å². The molecular formula is C12H13BrF2N2O3. The van der Waals surface area contributed by atoms with E-state index in [2.05, 4.69) is 21.2 Å². The molecule has 0 aliphatic heterocycles. The first kappa shape index (κ1) is 16.4. The third-order valence-electron chi connectivity index (χ3n) is 2.55. The van der Waals surface area contributed by atoms with Gasteiger partial charge in [0.1, 0.15) is 11.6 Å². The maximum Gasteiger partial charge on any atom is 0.321 e. The van der Waals surface area contributed by atoms with Crippen molar-refractivity contribution in [2.75, 3.05) is 18.9 Å². The molecule has 1 aromatic rings. The number of nitrogens with zero attached hydrogens (tertiary/aromatic N) is 1. The molecule has 8 heteroatoms. The molecule has 0 spiro atoms. The van der Waals surface area contributed by atoms with Crippen LogP contribution in [0.5, 0.6) is 0 Å². The molecule has 110 valence electrons. The lowest BCUT2D eigenvalue weighted by molar-refractivity contribution is -0.141. The molecule has 0 fully saturated rings. The Kier molecular flexibility index (Phi) is 5.43. The number of rotatable bonds is 4. The lowest BCUT2D eigenvalue weighted by atomic mass is 10.2. The Balaban J connectivity index is 2.73. The first-order chi connectivity index (χ1) is 9.22. The third-order valence-corrected chi connectivity index (χ3v) is 3.31. The van der Waals surface area contributed by atoms with Crippen molar-refractivity contribution in [1.82, 2.24) is 4.90 Å². The average Bonchev–Trinajstić information content (AvgIpc) is 2.35. The summed E-state index contributed by atoms with van der Waals surface area (Å²) in [6.07, 6.45) is 0. The van der Waals surface area contributed by atoms with E-state index in [4.69, 9.17) is 5.11 Å². The van der Waals surface area contributed by atoms with E-state index in [0.29, 0.717) is 0 Å². The van der Waals surface area contributed by atoms with Crippen LogP contribution in [-0.4, -0.2) is 35.6 Å². The number of urea groups is 1. The number of nitrogens with one attached hydrogen (secondary N) is 1. The summed E-state index contributed by atoms with van der Waals surface area (Å²) in [6, 6.07) is 1.26. The molecule has 0 bridgehead atoms. The van der Waals surface area contributed by atoms with E-state index in [9.17, 15) is 18.4 Å². The van der Waals surface area contributed by atoms with Crippen LogP contribution in [0.25, 0.3) is 0 Å². The lowest BCUT2D eigenvalue weighted by Crippen LogP contribution is -2.36. The number of anilines is 1. The molecule has 0 heterocycles. The summed E-state index contributed by atoms with van der Waals surface area (Å²) in [5.74, 6) is -3.47. The number of aliphatic carboxylic acids is 1. The first-order valence-electron chi connectivity index (χ1n) is 5.61. The van der Waals surface area contributed by atoms with Crippen LogP contribution in [-0.2, 0) is 4.79 Å². The van der Waals surface area contributed by atoms with Gasteiger partial charge in [0.2, 0.25) is 0 Å². The van der Waals surface area contributed by atoms with Crippen molar-refractivity contribution in [2.24, 2.45) is 5.92 Å². The Hall–Kier alpha value is -1.70. The Labute approximate surface area is 122 Å². The summed E-state index contributed by atoms with van der Waals surface area (Å²) in [4.78, 5) is 23.5. The van der Waals surface area contributed by atoms with Crippen LogP contribution in [0.2, 0.25) is 0 Å². The smallest absolute Gasteiger partial charge is 0.321 e. The van der Waals surface area contributed by atoms with E-state index in [0.717, 1.165) is 17.0 Å². The lowest BCUT2D eigenvalue weighted by Gasteiger charge is -2.20. The minimum atomic E-state index is -1.04. The van der Waals surface area contributed by atoms with E-state index in [1.807, 2.05) is 0 Å². The second kappa shape index (κ2) is 6.65. The number of hydrogen-bond acceptors (Lipinski definition) is 2. The first-order valence-corrected chi connectivity index (χ1v) is 6.41. The molecule has 2 amide bonds. The number of halogens is 3. The number of carbonyl (C=O) groups is 2. The van der Waals surface area contributed by atoms with Gasteiger partial charge in [0.05, 0.1) is 10.4 Å². The molecule has 2 N–H and O–H groups in total. The largest absolute Gasteiger partial charge is 0.481 e. The molecule has 1 unspecified atom stereocenters. The third kappa shape index (κ3) is 4.16. The van der Waals surface area contributed by atoms with Gasteiger partial charge in [-0.25, -0.2) is 13.6 Å². The number of carboxylic acid groups (broad SMARTS) is 1. The monoisotopic (exact) mass is 350 g/mol. The molecule has 1 rings (SSSR count). The number of hydrogen-bond donors (Lipinski definition) is 2. The molecule has 1 aromatic carbocycles. The minimum absolute atomic E-state index is 0.0251. The molecule has 1 atom stereocenters. The fourth-order valence-corrected chi connectivity index (χ4v) is 1.65. The summed E-state index contributed by atoms with van der Waals surface area (Å²) >= 11 is 2.72. The van der Waals surface area contributed by atoms with Gasteiger partial charge in [0.25, 0.3) is 0 Å². The van der Waals surface area contributed by atoms with Crippen molar-refractivity contribution < 1.29 is 23.5 Å².